The lowest BCUT2D eigenvalue weighted by Crippen LogP contribution is -2.35. The molecule has 3 aromatic rings. The molecule has 0 aliphatic carbocycles. The molecule has 3 heterocycles. The molecule has 1 aromatic carbocycles. The fourth-order valence-corrected chi connectivity index (χ4v) is 4.48. The number of benzene rings is 1. The highest BCUT2D eigenvalue weighted by molar-refractivity contribution is 7.89. The second kappa shape index (κ2) is 9.04. The molecule has 4 rings (SSSR count). The minimum atomic E-state index is -3.97. The first-order chi connectivity index (χ1) is 15.7. The summed E-state index contributed by atoms with van der Waals surface area (Å²) in [6.07, 6.45) is 3.25. The predicted molar refractivity (Wildman–Crippen MR) is 120 cm³/mol. The Balaban J connectivity index is 1.96. The lowest BCUT2D eigenvalue weighted by atomic mass is 10.0. The maximum atomic E-state index is 12.4. The van der Waals surface area contributed by atoms with Crippen molar-refractivity contribution in [1.82, 2.24) is 24.7 Å². The largest absolute Gasteiger partial charge is 0.497 e. The zero-order valence-electron chi connectivity index (χ0n) is 18.8. The number of aryl methyl sites for hydroxylation is 1. The third kappa shape index (κ3) is 4.41. The Morgan fingerprint density at radius 1 is 1.24 bits per heavy atom. The van der Waals surface area contributed by atoms with E-state index >= 15 is 0 Å². The highest BCUT2D eigenvalue weighted by atomic mass is 32.2. The van der Waals surface area contributed by atoms with Gasteiger partial charge in [0.2, 0.25) is 10.0 Å². The smallest absolute Gasteiger partial charge is 0.212 e. The summed E-state index contributed by atoms with van der Waals surface area (Å²) in [4.78, 5) is 8.78. The van der Waals surface area contributed by atoms with E-state index < -0.39 is 21.2 Å². The number of rotatable bonds is 7. The van der Waals surface area contributed by atoms with Crippen molar-refractivity contribution in [3.63, 3.8) is 0 Å². The van der Waals surface area contributed by atoms with Crippen molar-refractivity contribution in [3.8, 4) is 22.9 Å². The SMILES string of the molecule is COC[C@H]1COc2ccc(OC)cc2-c2nnc(C(c3ncc(C)cn3)C(C)S(N)(=O)=O)n21. The maximum Gasteiger partial charge on any atom is 0.212 e. The van der Waals surface area contributed by atoms with Crippen LogP contribution in [0.15, 0.2) is 30.6 Å². The standard InChI is InChI=1S/C21H26N6O5S/c1-12-8-23-19(24-9-12)18(13(2)33(22,28)29)21-26-25-20-16-7-15(31-4)5-6-17(16)32-11-14(10-30-3)27(20)21/h5-9,13-14,18H,10-11H2,1-4H3,(H2,22,28,29)/t13?,14-,18?/m0/s1. The number of aromatic nitrogens is 5. The van der Waals surface area contributed by atoms with E-state index in [0.717, 1.165) is 5.56 Å². The molecule has 1 aliphatic rings. The Kier molecular flexibility index (Phi) is 6.32. The zero-order valence-corrected chi connectivity index (χ0v) is 19.6. The summed E-state index contributed by atoms with van der Waals surface area (Å²) in [5.74, 6) is 1.50. The number of sulfonamides is 1. The number of fused-ring (bicyclic) bond motifs is 3. The molecule has 2 unspecified atom stereocenters. The first-order valence-electron chi connectivity index (χ1n) is 10.3. The van der Waals surface area contributed by atoms with Crippen LogP contribution >= 0.6 is 0 Å². The summed E-state index contributed by atoms with van der Waals surface area (Å²) in [6.45, 7) is 3.91. The van der Waals surface area contributed by atoms with Gasteiger partial charge in [-0.1, -0.05) is 0 Å². The number of ether oxygens (including phenoxy) is 3. The lowest BCUT2D eigenvalue weighted by molar-refractivity contribution is 0.123. The Morgan fingerprint density at radius 3 is 2.61 bits per heavy atom. The molecule has 0 fully saturated rings. The summed E-state index contributed by atoms with van der Waals surface area (Å²) in [5.41, 5.74) is 1.51. The minimum absolute atomic E-state index is 0.260. The minimum Gasteiger partial charge on any atom is -0.497 e. The molecule has 1 aliphatic heterocycles. The molecule has 0 amide bonds. The van der Waals surface area contributed by atoms with E-state index in [9.17, 15) is 8.42 Å². The van der Waals surface area contributed by atoms with Crippen molar-refractivity contribution in [3.05, 3.63) is 47.8 Å². The first-order valence-corrected chi connectivity index (χ1v) is 11.9. The van der Waals surface area contributed by atoms with Gasteiger partial charge in [-0.3, -0.25) is 0 Å². The zero-order chi connectivity index (χ0) is 23.8. The number of nitrogens with zero attached hydrogens (tertiary/aromatic N) is 5. The van der Waals surface area contributed by atoms with Gasteiger partial charge in [0.15, 0.2) is 5.82 Å². The summed E-state index contributed by atoms with van der Waals surface area (Å²) >= 11 is 0. The van der Waals surface area contributed by atoms with Crippen LogP contribution in [0, 0.1) is 6.92 Å². The van der Waals surface area contributed by atoms with Gasteiger partial charge >= 0.3 is 0 Å². The first kappa shape index (κ1) is 23.1. The average Bonchev–Trinajstić information content (AvgIpc) is 3.15. The molecule has 0 saturated heterocycles. The fraction of sp³-hybridized carbons (Fsp3) is 0.429. The molecule has 2 N–H and O–H groups in total. The van der Waals surface area contributed by atoms with Crippen LogP contribution in [0.25, 0.3) is 11.4 Å². The third-order valence-corrected chi connectivity index (χ3v) is 6.96. The Labute approximate surface area is 192 Å². The number of hydrogen-bond donors (Lipinski definition) is 1. The average molecular weight is 475 g/mol. The quantitative estimate of drug-likeness (QED) is 0.538. The van der Waals surface area contributed by atoms with Gasteiger partial charge in [0.05, 0.1) is 36.5 Å². The van der Waals surface area contributed by atoms with Crippen LogP contribution in [0.1, 0.15) is 36.1 Å². The van der Waals surface area contributed by atoms with Gasteiger partial charge in [0.1, 0.15) is 29.8 Å². The van der Waals surface area contributed by atoms with Crippen molar-refractivity contribution in [2.45, 2.75) is 31.1 Å². The van der Waals surface area contributed by atoms with Gasteiger partial charge in [-0.05, 0) is 37.6 Å². The van der Waals surface area contributed by atoms with Crippen LogP contribution < -0.4 is 14.6 Å². The van der Waals surface area contributed by atoms with Gasteiger partial charge in [-0.15, -0.1) is 10.2 Å². The molecule has 0 radical (unpaired) electrons. The molecular weight excluding hydrogens is 448 g/mol. The van der Waals surface area contributed by atoms with E-state index in [2.05, 4.69) is 20.2 Å². The van der Waals surface area contributed by atoms with Crippen LogP contribution in [-0.2, 0) is 14.8 Å². The number of hydrogen-bond acceptors (Lipinski definition) is 9. The molecule has 176 valence electrons. The van der Waals surface area contributed by atoms with Crippen molar-refractivity contribution in [2.24, 2.45) is 5.14 Å². The summed E-state index contributed by atoms with van der Waals surface area (Å²) < 4.78 is 43.6. The molecule has 0 bridgehead atoms. The van der Waals surface area contributed by atoms with E-state index in [1.165, 1.54) is 6.92 Å². The van der Waals surface area contributed by atoms with Crippen molar-refractivity contribution < 1.29 is 22.6 Å². The Hall–Kier alpha value is -3.09. The highest BCUT2D eigenvalue weighted by Crippen LogP contribution is 2.40. The Bertz CT molecular complexity index is 1240. The molecule has 2 aromatic heterocycles. The van der Waals surface area contributed by atoms with Crippen LogP contribution in [0.5, 0.6) is 11.5 Å². The van der Waals surface area contributed by atoms with Gasteiger partial charge < -0.3 is 18.8 Å². The van der Waals surface area contributed by atoms with Crippen molar-refractivity contribution >= 4 is 10.0 Å². The van der Waals surface area contributed by atoms with Gasteiger partial charge in [-0.2, -0.15) is 0 Å². The Morgan fingerprint density at radius 2 is 1.97 bits per heavy atom. The topological polar surface area (TPSA) is 144 Å². The van der Waals surface area contributed by atoms with Crippen molar-refractivity contribution in [2.75, 3.05) is 27.4 Å². The van der Waals surface area contributed by atoms with Gasteiger partial charge in [0, 0.05) is 19.5 Å². The summed E-state index contributed by atoms with van der Waals surface area (Å²) in [6, 6.07) is 5.06. The third-order valence-electron chi connectivity index (χ3n) is 5.65. The molecule has 12 heteroatoms. The summed E-state index contributed by atoms with van der Waals surface area (Å²) in [7, 11) is -0.814. The fourth-order valence-electron chi connectivity index (χ4n) is 3.86. The highest BCUT2D eigenvalue weighted by Gasteiger charge is 2.39. The van der Waals surface area contributed by atoms with Crippen LogP contribution in [-0.4, -0.2) is 65.8 Å². The van der Waals surface area contributed by atoms with Crippen LogP contribution in [0.4, 0.5) is 0 Å². The second-order valence-electron chi connectivity index (χ2n) is 7.92. The molecule has 0 spiro atoms. The van der Waals surface area contributed by atoms with E-state index in [4.69, 9.17) is 19.3 Å². The van der Waals surface area contributed by atoms with E-state index in [0.29, 0.717) is 28.7 Å². The molecule has 0 saturated carbocycles. The maximum absolute atomic E-state index is 12.4. The molecular formula is C21H26N6O5S. The number of primary sulfonamides is 1. The molecule has 33 heavy (non-hydrogen) atoms. The predicted octanol–water partition coefficient (Wildman–Crippen LogP) is 1.44. The van der Waals surface area contributed by atoms with Crippen LogP contribution in [0.3, 0.4) is 0 Å². The van der Waals surface area contributed by atoms with Crippen molar-refractivity contribution in [1.29, 1.82) is 0 Å². The molecule has 3 atom stereocenters. The second-order valence-corrected chi connectivity index (χ2v) is 9.85. The van der Waals surface area contributed by atoms with E-state index in [-0.39, 0.29) is 25.1 Å². The molecule has 11 nitrogen and oxygen atoms in total. The normalized spacial score (nSPS) is 17.3. The van der Waals surface area contributed by atoms with E-state index in [1.54, 1.807) is 44.8 Å². The monoisotopic (exact) mass is 474 g/mol. The van der Waals surface area contributed by atoms with E-state index in [1.807, 2.05) is 11.5 Å². The lowest BCUT2D eigenvalue weighted by Gasteiger charge is -2.25. The van der Waals surface area contributed by atoms with Gasteiger partial charge in [-0.25, -0.2) is 23.5 Å². The van der Waals surface area contributed by atoms with Gasteiger partial charge in [0.25, 0.3) is 0 Å². The van der Waals surface area contributed by atoms with Crippen LogP contribution in [0.2, 0.25) is 0 Å². The summed E-state index contributed by atoms with van der Waals surface area (Å²) in [5, 5.41) is 13.3. The number of nitrogens with two attached hydrogens (primary N) is 1. The number of methoxy groups -OCH3 is 2.